The minimum absolute atomic E-state index is 0.0662. The third-order valence-corrected chi connectivity index (χ3v) is 4.54. The largest absolute Gasteiger partial charge is 0.507 e. The monoisotopic (exact) mass is 444 g/mol. The average Bonchev–Trinajstić information content (AvgIpc) is 2.73. The summed E-state index contributed by atoms with van der Waals surface area (Å²) in [6.45, 7) is 0.301. The van der Waals surface area contributed by atoms with Gasteiger partial charge in [-0.2, -0.15) is 5.10 Å². The Balaban J connectivity index is 1.70. The number of halogens is 2. The molecule has 0 fully saturated rings. The molecule has 3 aromatic rings. The molecule has 0 aliphatic carbocycles. The fourth-order valence-electron chi connectivity index (χ4n) is 2.59. The lowest BCUT2D eigenvalue weighted by molar-refractivity contribution is 0.0952. The SMILES string of the molecule is COc1ccc(C(=O)N/N=C\c2cc(Cl)ccc2OCc2cccc(Cl)c2)c(O)c1. The number of hydrogen-bond acceptors (Lipinski definition) is 5. The number of carbonyl (C=O) groups is 1. The highest BCUT2D eigenvalue weighted by molar-refractivity contribution is 6.31. The molecule has 30 heavy (non-hydrogen) atoms. The summed E-state index contributed by atoms with van der Waals surface area (Å²) in [6, 6.07) is 16.8. The van der Waals surface area contributed by atoms with Crippen molar-refractivity contribution < 1.29 is 19.4 Å². The zero-order valence-electron chi connectivity index (χ0n) is 15.9. The van der Waals surface area contributed by atoms with Crippen molar-refractivity contribution in [3.05, 3.63) is 87.4 Å². The molecule has 2 N–H and O–H groups in total. The maximum absolute atomic E-state index is 12.3. The summed E-state index contributed by atoms with van der Waals surface area (Å²) in [5.41, 5.74) is 3.91. The van der Waals surface area contributed by atoms with Gasteiger partial charge in [0.05, 0.1) is 18.9 Å². The van der Waals surface area contributed by atoms with Crippen molar-refractivity contribution in [2.24, 2.45) is 5.10 Å². The van der Waals surface area contributed by atoms with E-state index in [4.69, 9.17) is 32.7 Å². The lowest BCUT2D eigenvalue weighted by Crippen LogP contribution is -2.17. The fourth-order valence-corrected chi connectivity index (χ4v) is 2.98. The Morgan fingerprint density at radius 1 is 1.10 bits per heavy atom. The Bertz CT molecular complexity index is 1090. The summed E-state index contributed by atoms with van der Waals surface area (Å²) in [5.74, 6) is 0.183. The van der Waals surface area contributed by atoms with Crippen molar-refractivity contribution in [1.82, 2.24) is 5.43 Å². The van der Waals surface area contributed by atoms with Gasteiger partial charge in [-0.25, -0.2) is 5.43 Å². The summed E-state index contributed by atoms with van der Waals surface area (Å²) in [6.07, 6.45) is 1.41. The quantitative estimate of drug-likeness (QED) is 0.394. The van der Waals surface area contributed by atoms with Gasteiger partial charge in [-0.1, -0.05) is 35.3 Å². The highest BCUT2D eigenvalue weighted by Gasteiger charge is 2.11. The lowest BCUT2D eigenvalue weighted by atomic mass is 10.2. The van der Waals surface area contributed by atoms with E-state index in [0.717, 1.165) is 5.56 Å². The van der Waals surface area contributed by atoms with Gasteiger partial charge in [0.2, 0.25) is 0 Å². The van der Waals surface area contributed by atoms with E-state index < -0.39 is 5.91 Å². The first-order valence-electron chi connectivity index (χ1n) is 8.83. The molecule has 0 heterocycles. The molecule has 1 amide bonds. The van der Waals surface area contributed by atoms with E-state index >= 15 is 0 Å². The second kappa shape index (κ2) is 10.0. The van der Waals surface area contributed by atoms with E-state index in [1.807, 2.05) is 18.2 Å². The summed E-state index contributed by atoms with van der Waals surface area (Å²) >= 11 is 12.1. The van der Waals surface area contributed by atoms with Gasteiger partial charge in [0.1, 0.15) is 23.9 Å². The Kier molecular flexibility index (Phi) is 7.17. The van der Waals surface area contributed by atoms with E-state index in [1.54, 1.807) is 30.3 Å². The average molecular weight is 445 g/mol. The van der Waals surface area contributed by atoms with Gasteiger partial charge in [0, 0.05) is 21.7 Å². The van der Waals surface area contributed by atoms with E-state index in [-0.39, 0.29) is 11.3 Å². The van der Waals surface area contributed by atoms with Crippen molar-refractivity contribution in [2.45, 2.75) is 6.61 Å². The molecular formula is C22H18Cl2N2O4. The first-order chi connectivity index (χ1) is 14.5. The molecular weight excluding hydrogens is 427 g/mol. The predicted octanol–water partition coefficient (Wildman–Crippen LogP) is 5.05. The number of ether oxygens (including phenoxy) is 2. The maximum Gasteiger partial charge on any atom is 0.275 e. The van der Waals surface area contributed by atoms with E-state index in [2.05, 4.69) is 10.5 Å². The van der Waals surface area contributed by atoms with Gasteiger partial charge in [-0.3, -0.25) is 4.79 Å². The zero-order chi connectivity index (χ0) is 21.5. The summed E-state index contributed by atoms with van der Waals surface area (Å²) in [5, 5.41) is 15.0. The number of nitrogens with zero attached hydrogens (tertiary/aromatic N) is 1. The molecule has 0 bridgehead atoms. The Hall–Kier alpha value is -3.22. The summed E-state index contributed by atoms with van der Waals surface area (Å²) < 4.78 is 10.8. The summed E-state index contributed by atoms with van der Waals surface area (Å²) in [7, 11) is 1.47. The molecule has 0 spiro atoms. The van der Waals surface area contributed by atoms with E-state index in [0.29, 0.717) is 33.7 Å². The minimum Gasteiger partial charge on any atom is -0.507 e. The van der Waals surface area contributed by atoms with Crippen LogP contribution in [0, 0.1) is 0 Å². The number of phenolic OH excluding ortho intramolecular Hbond substituents is 1. The number of carbonyl (C=O) groups excluding carboxylic acids is 1. The van der Waals surface area contributed by atoms with Crippen LogP contribution in [0.25, 0.3) is 0 Å². The van der Waals surface area contributed by atoms with Crippen molar-refractivity contribution >= 4 is 35.3 Å². The Morgan fingerprint density at radius 2 is 1.90 bits per heavy atom. The number of hydrogen-bond donors (Lipinski definition) is 2. The molecule has 0 radical (unpaired) electrons. The number of rotatable bonds is 7. The standard InChI is InChI=1S/C22H18Cl2N2O4/c1-29-18-6-7-19(20(27)11-18)22(28)26-25-12-15-10-17(24)5-8-21(15)30-13-14-3-2-4-16(23)9-14/h2-12,27H,13H2,1H3,(H,26,28)/b25-12-. The molecule has 0 unspecified atom stereocenters. The second-order valence-corrected chi connectivity index (χ2v) is 7.06. The Labute approximate surface area is 183 Å². The van der Waals surface area contributed by atoms with Crippen LogP contribution in [0.2, 0.25) is 10.0 Å². The number of benzene rings is 3. The molecule has 0 aliphatic rings. The van der Waals surface area contributed by atoms with Crippen molar-refractivity contribution in [3.63, 3.8) is 0 Å². The van der Waals surface area contributed by atoms with Crippen LogP contribution in [-0.2, 0) is 6.61 Å². The molecule has 8 heteroatoms. The predicted molar refractivity (Wildman–Crippen MR) is 117 cm³/mol. The number of nitrogens with one attached hydrogen (secondary N) is 1. The number of aromatic hydroxyl groups is 1. The Morgan fingerprint density at radius 3 is 2.63 bits per heavy atom. The highest BCUT2D eigenvalue weighted by Crippen LogP contribution is 2.24. The van der Waals surface area contributed by atoms with Crippen LogP contribution in [0.15, 0.2) is 65.8 Å². The molecule has 6 nitrogen and oxygen atoms in total. The summed E-state index contributed by atoms with van der Waals surface area (Å²) in [4.78, 5) is 12.3. The molecule has 154 valence electrons. The fraction of sp³-hybridized carbons (Fsp3) is 0.0909. The lowest BCUT2D eigenvalue weighted by Gasteiger charge is -2.10. The van der Waals surface area contributed by atoms with Gasteiger partial charge in [0.15, 0.2) is 0 Å². The molecule has 3 aromatic carbocycles. The molecule has 3 rings (SSSR count). The molecule has 0 saturated carbocycles. The van der Waals surface area contributed by atoms with E-state index in [9.17, 15) is 9.90 Å². The number of methoxy groups -OCH3 is 1. The maximum atomic E-state index is 12.3. The van der Waals surface area contributed by atoms with E-state index in [1.165, 1.54) is 25.5 Å². The molecule has 0 aromatic heterocycles. The van der Waals surface area contributed by atoms with Crippen LogP contribution >= 0.6 is 23.2 Å². The molecule has 0 aliphatic heterocycles. The van der Waals surface area contributed by atoms with Crippen LogP contribution in [0.3, 0.4) is 0 Å². The highest BCUT2D eigenvalue weighted by atomic mass is 35.5. The number of amides is 1. The first-order valence-corrected chi connectivity index (χ1v) is 9.59. The van der Waals surface area contributed by atoms with Gasteiger partial charge >= 0.3 is 0 Å². The zero-order valence-corrected chi connectivity index (χ0v) is 17.4. The van der Waals surface area contributed by atoms with Crippen LogP contribution < -0.4 is 14.9 Å². The van der Waals surface area contributed by atoms with Crippen molar-refractivity contribution in [3.8, 4) is 17.2 Å². The third kappa shape index (κ3) is 5.65. The van der Waals surface area contributed by atoms with Crippen LogP contribution in [0.4, 0.5) is 0 Å². The molecule has 0 atom stereocenters. The number of hydrazone groups is 1. The smallest absolute Gasteiger partial charge is 0.275 e. The van der Waals surface area contributed by atoms with Crippen molar-refractivity contribution in [1.29, 1.82) is 0 Å². The topological polar surface area (TPSA) is 80.2 Å². The van der Waals surface area contributed by atoms with Gasteiger partial charge in [0.25, 0.3) is 5.91 Å². The van der Waals surface area contributed by atoms with Gasteiger partial charge in [-0.15, -0.1) is 0 Å². The van der Waals surface area contributed by atoms with Crippen LogP contribution in [-0.4, -0.2) is 24.3 Å². The first kappa shape index (κ1) is 21.5. The third-order valence-electron chi connectivity index (χ3n) is 4.07. The number of phenols is 1. The van der Waals surface area contributed by atoms with Crippen molar-refractivity contribution in [2.75, 3.05) is 7.11 Å². The van der Waals surface area contributed by atoms with Crippen LogP contribution in [0.5, 0.6) is 17.2 Å². The van der Waals surface area contributed by atoms with Gasteiger partial charge < -0.3 is 14.6 Å². The normalized spacial score (nSPS) is 10.8. The molecule has 0 saturated heterocycles. The minimum atomic E-state index is -0.574. The van der Waals surface area contributed by atoms with Gasteiger partial charge in [-0.05, 0) is 48.0 Å². The van der Waals surface area contributed by atoms with Crippen LogP contribution in [0.1, 0.15) is 21.5 Å². The second-order valence-electron chi connectivity index (χ2n) is 6.18.